The van der Waals surface area contributed by atoms with Crippen LogP contribution in [0, 0.1) is 9.49 Å². The molecular formula is C29H40FIN6O8. The highest BCUT2D eigenvalue weighted by Gasteiger charge is 2.32. The van der Waals surface area contributed by atoms with E-state index in [1.165, 1.54) is 11.8 Å². The van der Waals surface area contributed by atoms with Crippen molar-refractivity contribution in [2.24, 2.45) is 5.92 Å². The molecule has 4 unspecified atom stereocenters. The highest BCUT2D eigenvalue weighted by Crippen LogP contribution is 2.10. The van der Waals surface area contributed by atoms with Gasteiger partial charge in [-0.15, -0.1) is 0 Å². The lowest BCUT2D eigenvalue weighted by atomic mass is 10.0. The smallest absolute Gasteiger partial charge is 0.317 e. The van der Waals surface area contributed by atoms with E-state index in [1.807, 2.05) is 0 Å². The number of nitrogens with one attached hydrogen (secondary N) is 5. The van der Waals surface area contributed by atoms with Crippen LogP contribution in [0.3, 0.4) is 0 Å². The zero-order valence-corrected chi connectivity index (χ0v) is 27.8. The monoisotopic (exact) mass is 746 g/mol. The molecule has 0 aromatic heterocycles. The van der Waals surface area contributed by atoms with Crippen LogP contribution in [0.5, 0.6) is 0 Å². The van der Waals surface area contributed by atoms with E-state index in [0.29, 0.717) is 18.7 Å². The number of esters is 1. The van der Waals surface area contributed by atoms with Crippen LogP contribution >= 0.6 is 22.6 Å². The summed E-state index contributed by atoms with van der Waals surface area (Å²) in [5.74, 6) is -5.15. The zero-order valence-electron chi connectivity index (χ0n) is 25.6. The Morgan fingerprint density at radius 2 is 1.62 bits per heavy atom. The number of benzene rings is 1. The third kappa shape index (κ3) is 11.9. The standard InChI is InChI=1S/C29H40FIN6O8/c1-16(2)24(28(43)33-17(3)25(40)35-21(22(38)15-30)14-23(39)45-4)36-27(42)20(10-13-37-12-5-11-32-29(37)44)34-26(41)18-6-8-19(31)9-7-18/h6-9,16-17,20-21,24H,5,10-15H2,1-4H3,(H,32,44)(H,33,43)(H,34,41)(H,35,40)(H,36,42). The molecule has 14 nitrogen and oxygen atoms in total. The van der Waals surface area contributed by atoms with Gasteiger partial charge in [-0.25, -0.2) is 9.18 Å². The Balaban J connectivity index is 2.15. The summed E-state index contributed by atoms with van der Waals surface area (Å²) in [7, 11) is 1.08. The summed E-state index contributed by atoms with van der Waals surface area (Å²) < 4.78 is 18.4. The molecule has 0 saturated carbocycles. The number of carbonyl (C=O) groups is 7. The molecule has 5 N–H and O–H groups in total. The lowest BCUT2D eigenvalue weighted by Gasteiger charge is -2.30. The van der Waals surface area contributed by atoms with E-state index in [1.54, 1.807) is 38.1 Å². The number of Topliss-reactive ketones (excluding diaryl/α,β-unsaturated/α-hetero) is 1. The number of ether oxygens (including phenoxy) is 1. The molecule has 0 bridgehead atoms. The summed E-state index contributed by atoms with van der Waals surface area (Å²) in [5, 5.41) is 12.8. The van der Waals surface area contributed by atoms with Crippen molar-refractivity contribution in [2.75, 3.05) is 33.4 Å². The largest absolute Gasteiger partial charge is 0.469 e. The number of amides is 6. The number of hydrogen-bond donors (Lipinski definition) is 5. The topological polar surface area (TPSA) is 192 Å². The van der Waals surface area contributed by atoms with Gasteiger partial charge in [0.25, 0.3) is 5.91 Å². The molecule has 0 radical (unpaired) electrons. The van der Waals surface area contributed by atoms with Gasteiger partial charge in [0.05, 0.1) is 13.5 Å². The fourth-order valence-electron chi connectivity index (χ4n) is 4.33. The van der Waals surface area contributed by atoms with E-state index >= 15 is 0 Å². The number of methoxy groups -OCH3 is 1. The number of carbonyl (C=O) groups excluding carboxylic acids is 7. The maximum Gasteiger partial charge on any atom is 0.317 e. The molecular weight excluding hydrogens is 706 g/mol. The molecule has 2 rings (SSSR count). The van der Waals surface area contributed by atoms with Crippen LogP contribution in [0.4, 0.5) is 9.18 Å². The second-order valence-corrected chi connectivity index (χ2v) is 12.0. The van der Waals surface area contributed by atoms with E-state index in [4.69, 9.17) is 0 Å². The van der Waals surface area contributed by atoms with Crippen molar-refractivity contribution in [1.82, 2.24) is 31.5 Å². The van der Waals surface area contributed by atoms with E-state index in [0.717, 1.165) is 17.1 Å². The highest BCUT2D eigenvalue weighted by atomic mass is 127. The predicted octanol–water partition coefficient (Wildman–Crippen LogP) is 0.427. The van der Waals surface area contributed by atoms with Crippen molar-refractivity contribution in [3.63, 3.8) is 0 Å². The quantitative estimate of drug-likeness (QED) is 0.119. The van der Waals surface area contributed by atoms with Gasteiger partial charge in [-0.1, -0.05) is 13.8 Å². The van der Waals surface area contributed by atoms with Gasteiger partial charge in [-0.3, -0.25) is 28.8 Å². The van der Waals surface area contributed by atoms with E-state index in [2.05, 4.69) is 53.9 Å². The van der Waals surface area contributed by atoms with Crippen molar-refractivity contribution in [2.45, 2.75) is 64.2 Å². The molecule has 1 aromatic rings. The van der Waals surface area contributed by atoms with Crippen LogP contribution < -0.4 is 26.6 Å². The summed E-state index contributed by atoms with van der Waals surface area (Å²) >= 11 is 2.10. The fraction of sp³-hybridized carbons (Fsp3) is 0.552. The number of alkyl halides is 1. The predicted molar refractivity (Wildman–Crippen MR) is 169 cm³/mol. The number of rotatable bonds is 16. The fourth-order valence-corrected chi connectivity index (χ4v) is 4.69. The van der Waals surface area contributed by atoms with Gasteiger partial charge in [-0.2, -0.15) is 0 Å². The van der Waals surface area contributed by atoms with Crippen LogP contribution in [0.2, 0.25) is 0 Å². The third-order valence-electron chi connectivity index (χ3n) is 7.02. The van der Waals surface area contributed by atoms with Gasteiger partial charge >= 0.3 is 12.0 Å². The van der Waals surface area contributed by atoms with E-state index in [-0.39, 0.29) is 19.0 Å². The minimum Gasteiger partial charge on any atom is -0.469 e. The molecule has 1 saturated heterocycles. The molecule has 16 heteroatoms. The molecule has 6 amide bonds. The van der Waals surface area contributed by atoms with Gasteiger partial charge in [0.15, 0.2) is 5.78 Å². The van der Waals surface area contributed by atoms with Gasteiger partial charge in [-0.05, 0) is 72.5 Å². The minimum atomic E-state index is -1.49. The molecule has 1 heterocycles. The van der Waals surface area contributed by atoms with E-state index in [9.17, 15) is 38.0 Å². The number of urea groups is 1. The summed E-state index contributed by atoms with van der Waals surface area (Å²) in [6.45, 7) is 4.42. The SMILES string of the molecule is COC(=O)CC(NC(=O)C(C)NC(=O)C(NC(=O)C(CCN1CCCNC1=O)NC(=O)c1ccc(I)cc1)C(C)C)C(=O)CF. The number of halogens is 2. The first-order valence-corrected chi connectivity index (χ1v) is 15.5. The van der Waals surface area contributed by atoms with Crippen molar-refractivity contribution >= 4 is 64.0 Å². The van der Waals surface area contributed by atoms with Gasteiger partial charge < -0.3 is 36.2 Å². The minimum absolute atomic E-state index is 0.0603. The maximum atomic E-state index is 13.5. The first kappa shape index (κ1) is 37.4. The van der Waals surface area contributed by atoms with Crippen LogP contribution in [0.1, 0.15) is 50.4 Å². The summed E-state index contributed by atoms with van der Waals surface area (Å²) in [6, 6.07) is 1.42. The average molecular weight is 747 g/mol. The second kappa shape index (κ2) is 18.2. The number of hydrogen-bond acceptors (Lipinski definition) is 8. The van der Waals surface area contributed by atoms with Crippen molar-refractivity contribution in [1.29, 1.82) is 0 Å². The Morgan fingerprint density at radius 3 is 2.20 bits per heavy atom. The Kier molecular flexibility index (Phi) is 15.1. The Bertz CT molecular complexity index is 1250. The molecule has 0 spiro atoms. The third-order valence-corrected chi connectivity index (χ3v) is 7.74. The highest BCUT2D eigenvalue weighted by molar-refractivity contribution is 14.1. The second-order valence-electron chi connectivity index (χ2n) is 10.8. The normalized spacial score (nSPS) is 15.5. The summed E-state index contributed by atoms with van der Waals surface area (Å²) in [5.41, 5.74) is 0.318. The van der Waals surface area contributed by atoms with E-state index < -0.39 is 78.6 Å². The molecule has 1 aromatic carbocycles. The number of ketones is 1. The van der Waals surface area contributed by atoms with Crippen molar-refractivity contribution in [3.8, 4) is 0 Å². The molecule has 1 aliphatic rings. The van der Waals surface area contributed by atoms with Crippen LogP contribution in [-0.2, 0) is 28.7 Å². The maximum absolute atomic E-state index is 13.5. The lowest BCUT2D eigenvalue weighted by molar-refractivity contribution is -0.143. The van der Waals surface area contributed by atoms with Crippen LogP contribution in [0.15, 0.2) is 24.3 Å². The van der Waals surface area contributed by atoms with Crippen molar-refractivity contribution in [3.05, 3.63) is 33.4 Å². The summed E-state index contributed by atoms with van der Waals surface area (Å²) in [6.07, 6.45) is 0.194. The molecule has 248 valence electrons. The van der Waals surface area contributed by atoms with Crippen LogP contribution in [0.25, 0.3) is 0 Å². The molecule has 4 atom stereocenters. The zero-order chi connectivity index (χ0) is 33.7. The van der Waals surface area contributed by atoms with Gasteiger partial charge in [0, 0.05) is 28.8 Å². The van der Waals surface area contributed by atoms with Gasteiger partial charge in [0.1, 0.15) is 30.8 Å². The Morgan fingerprint density at radius 1 is 0.956 bits per heavy atom. The van der Waals surface area contributed by atoms with Crippen LogP contribution in [-0.4, -0.2) is 104 Å². The first-order chi connectivity index (χ1) is 21.3. The number of nitrogens with zero attached hydrogens (tertiary/aromatic N) is 1. The molecule has 45 heavy (non-hydrogen) atoms. The molecule has 1 fully saturated rings. The van der Waals surface area contributed by atoms with Crippen molar-refractivity contribution < 1.29 is 42.7 Å². The Hall–Kier alpha value is -3.83. The lowest BCUT2D eigenvalue weighted by Crippen LogP contribution is -2.59. The van der Waals surface area contributed by atoms with Gasteiger partial charge in [0.2, 0.25) is 17.7 Å². The molecule has 0 aliphatic carbocycles. The molecule has 1 aliphatic heterocycles. The summed E-state index contributed by atoms with van der Waals surface area (Å²) in [4.78, 5) is 89.7. The first-order valence-electron chi connectivity index (χ1n) is 14.4. The Labute approximate surface area is 274 Å². The average Bonchev–Trinajstić information content (AvgIpc) is 3.01.